The van der Waals surface area contributed by atoms with Gasteiger partial charge in [-0.3, -0.25) is 4.79 Å². The molecule has 1 aliphatic rings. The Labute approximate surface area is 328 Å². The monoisotopic (exact) mass is 774 g/mol. The van der Waals surface area contributed by atoms with Gasteiger partial charge in [-0.05, 0) is 38.5 Å². The van der Waals surface area contributed by atoms with Crippen molar-refractivity contribution < 1.29 is 50.0 Å². The van der Waals surface area contributed by atoms with Gasteiger partial charge in [-0.2, -0.15) is 0 Å². The number of unbranched alkanes of at least 4 members (excludes halogenated alkanes) is 22. The minimum absolute atomic E-state index is 0.254. The van der Waals surface area contributed by atoms with Gasteiger partial charge >= 0.3 is 0 Å². The van der Waals surface area contributed by atoms with E-state index in [9.17, 15) is 40.5 Å². The van der Waals surface area contributed by atoms with Crippen LogP contribution in [-0.2, 0) is 14.3 Å². The minimum atomic E-state index is -1.66. The molecule has 1 rings (SSSR count). The zero-order valence-corrected chi connectivity index (χ0v) is 34.2. The number of amides is 1. The molecule has 0 radical (unpaired) electrons. The number of allylic oxidation sites excluding steroid dienone is 2. The highest BCUT2D eigenvalue weighted by atomic mass is 16.7. The predicted molar refractivity (Wildman–Crippen MR) is 215 cm³/mol. The molecule has 0 spiro atoms. The minimum Gasteiger partial charge on any atom is -0.394 e. The first-order valence-corrected chi connectivity index (χ1v) is 22.1. The van der Waals surface area contributed by atoms with Crippen molar-refractivity contribution in [2.24, 2.45) is 0 Å². The van der Waals surface area contributed by atoms with E-state index in [0.29, 0.717) is 19.3 Å². The largest absolute Gasteiger partial charge is 0.394 e. The average molecular weight is 774 g/mol. The summed E-state index contributed by atoms with van der Waals surface area (Å²) >= 11 is 0. The molecule has 9 unspecified atom stereocenters. The number of aliphatic hydroxyl groups excluding tert-OH is 7. The van der Waals surface area contributed by atoms with Crippen LogP contribution in [0.1, 0.15) is 187 Å². The van der Waals surface area contributed by atoms with Gasteiger partial charge in [-0.15, -0.1) is 0 Å². The number of carbonyl (C=O) groups is 1. The van der Waals surface area contributed by atoms with Crippen molar-refractivity contribution in [1.29, 1.82) is 0 Å². The summed E-state index contributed by atoms with van der Waals surface area (Å²) in [5.74, 6) is -0.707. The normalized spacial score (nSPS) is 22.7. The Morgan fingerprint density at radius 2 is 1.07 bits per heavy atom. The van der Waals surface area contributed by atoms with Crippen LogP contribution in [-0.4, -0.2) is 110 Å². The SMILES string of the molecule is CCCCCCCCCCCCCC/C=C\CCCCCCCCC(O)C(=O)NC(COC1OC(CO)C(O)C(O)C1O)C(O)C(O)CCCCCCC. The van der Waals surface area contributed by atoms with Gasteiger partial charge < -0.3 is 50.5 Å². The number of nitrogens with one attached hydrogen (secondary N) is 1. The molecule has 0 aromatic heterocycles. The lowest BCUT2D eigenvalue weighted by Gasteiger charge is -2.40. The summed E-state index contributed by atoms with van der Waals surface area (Å²) in [6, 6.07) is -1.16. The Kier molecular flexibility index (Phi) is 32.0. The molecule has 11 heteroatoms. The third-order valence-electron chi connectivity index (χ3n) is 10.8. The highest BCUT2D eigenvalue weighted by Gasteiger charge is 2.44. The number of rotatable bonds is 36. The molecule has 1 aliphatic heterocycles. The molecule has 0 bridgehead atoms. The molecule has 8 N–H and O–H groups in total. The Morgan fingerprint density at radius 3 is 1.56 bits per heavy atom. The van der Waals surface area contributed by atoms with Crippen LogP contribution < -0.4 is 5.32 Å². The quantitative estimate of drug-likeness (QED) is 0.0258. The van der Waals surface area contributed by atoms with E-state index in [4.69, 9.17) is 9.47 Å². The Bertz CT molecular complexity index is 892. The molecule has 1 amide bonds. The molecule has 320 valence electrons. The summed E-state index contributed by atoms with van der Waals surface area (Å²) < 4.78 is 11.0. The zero-order valence-electron chi connectivity index (χ0n) is 34.2. The van der Waals surface area contributed by atoms with E-state index in [1.807, 2.05) is 0 Å². The maximum absolute atomic E-state index is 13.0. The maximum atomic E-state index is 13.0. The van der Waals surface area contributed by atoms with E-state index in [1.165, 1.54) is 89.9 Å². The molecule has 11 nitrogen and oxygen atoms in total. The second kappa shape index (κ2) is 33.9. The first-order chi connectivity index (χ1) is 26.2. The van der Waals surface area contributed by atoms with Gasteiger partial charge in [0, 0.05) is 0 Å². The van der Waals surface area contributed by atoms with Crippen LogP contribution in [0, 0.1) is 0 Å². The molecule has 9 atom stereocenters. The van der Waals surface area contributed by atoms with Gasteiger partial charge in [0.05, 0.1) is 25.4 Å². The molecule has 54 heavy (non-hydrogen) atoms. The highest BCUT2D eigenvalue weighted by molar-refractivity contribution is 5.80. The van der Waals surface area contributed by atoms with Crippen molar-refractivity contribution in [2.45, 2.75) is 242 Å². The average Bonchev–Trinajstić information content (AvgIpc) is 3.17. The standard InChI is InChI=1S/C43H83NO10/c1-3-5-7-9-10-11-12-13-14-15-16-17-18-19-20-21-22-23-24-25-27-29-31-36(47)42(52)44-34(38(48)35(46)30-28-26-8-6-4-2)33-53-43-41(51)40(50)39(49)37(32-45)54-43/h19-20,34-41,43,45-51H,3-18,21-33H2,1-2H3,(H,44,52)/b20-19-. The van der Waals surface area contributed by atoms with Crippen LogP contribution in [0.5, 0.6) is 0 Å². The van der Waals surface area contributed by atoms with Gasteiger partial charge in [0.1, 0.15) is 36.6 Å². The first kappa shape index (κ1) is 50.9. The second-order valence-corrected chi connectivity index (χ2v) is 15.8. The van der Waals surface area contributed by atoms with Gasteiger partial charge in [-0.1, -0.05) is 161 Å². The van der Waals surface area contributed by atoms with Crippen molar-refractivity contribution in [3.05, 3.63) is 12.2 Å². The van der Waals surface area contributed by atoms with Crippen molar-refractivity contribution in [1.82, 2.24) is 5.32 Å². The summed E-state index contributed by atoms with van der Waals surface area (Å²) in [6.07, 6.45) is 23.3. The van der Waals surface area contributed by atoms with Crippen LogP contribution in [0.2, 0.25) is 0 Å². The van der Waals surface area contributed by atoms with E-state index in [-0.39, 0.29) is 6.42 Å². The Hall–Kier alpha value is -1.15. The fourth-order valence-electron chi connectivity index (χ4n) is 7.08. The fraction of sp³-hybridized carbons (Fsp3) is 0.930. The zero-order chi connectivity index (χ0) is 39.8. The predicted octanol–water partition coefficient (Wildman–Crippen LogP) is 6.50. The topological polar surface area (TPSA) is 189 Å². The second-order valence-electron chi connectivity index (χ2n) is 15.8. The Morgan fingerprint density at radius 1 is 0.630 bits per heavy atom. The summed E-state index contributed by atoms with van der Waals surface area (Å²) in [4.78, 5) is 13.0. The summed E-state index contributed by atoms with van der Waals surface area (Å²) in [6.45, 7) is 3.32. The van der Waals surface area contributed by atoms with Crippen molar-refractivity contribution in [3.8, 4) is 0 Å². The lowest BCUT2D eigenvalue weighted by Crippen LogP contribution is -2.60. The fourth-order valence-corrected chi connectivity index (χ4v) is 7.08. The molecule has 1 fully saturated rings. The third kappa shape index (κ3) is 23.8. The molecule has 0 aromatic carbocycles. The van der Waals surface area contributed by atoms with Crippen molar-refractivity contribution >= 4 is 5.91 Å². The first-order valence-electron chi connectivity index (χ1n) is 22.1. The van der Waals surface area contributed by atoms with E-state index in [2.05, 4.69) is 31.3 Å². The van der Waals surface area contributed by atoms with E-state index >= 15 is 0 Å². The van der Waals surface area contributed by atoms with Crippen molar-refractivity contribution in [2.75, 3.05) is 13.2 Å². The van der Waals surface area contributed by atoms with Gasteiger partial charge in [0.15, 0.2) is 6.29 Å². The summed E-state index contributed by atoms with van der Waals surface area (Å²) in [7, 11) is 0. The molecule has 0 saturated carbocycles. The molecule has 0 aromatic rings. The maximum Gasteiger partial charge on any atom is 0.249 e. The van der Waals surface area contributed by atoms with Gasteiger partial charge in [0.25, 0.3) is 0 Å². The lowest BCUT2D eigenvalue weighted by molar-refractivity contribution is -0.303. The van der Waals surface area contributed by atoms with E-state index in [0.717, 1.165) is 57.8 Å². The summed E-state index contributed by atoms with van der Waals surface area (Å²) in [5, 5.41) is 74.9. The number of ether oxygens (including phenoxy) is 2. The van der Waals surface area contributed by atoms with Gasteiger partial charge in [0.2, 0.25) is 5.91 Å². The van der Waals surface area contributed by atoms with Gasteiger partial charge in [-0.25, -0.2) is 0 Å². The number of carbonyl (C=O) groups excluding carboxylic acids is 1. The van der Waals surface area contributed by atoms with Crippen LogP contribution in [0.25, 0.3) is 0 Å². The highest BCUT2D eigenvalue weighted by Crippen LogP contribution is 2.23. The van der Waals surface area contributed by atoms with Crippen LogP contribution in [0.3, 0.4) is 0 Å². The van der Waals surface area contributed by atoms with Crippen LogP contribution in [0.15, 0.2) is 12.2 Å². The molecule has 1 heterocycles. The smallest absolute Gasteiger partial charge is 0.249 e. The Balaban J connectivity index is 2.30. The van der Waals surface area contributed by atoms with Crippen molar-refractivity contribution in [3.63, 3.8) is 0 Å². The molecular weight excluding hydrogens is 690 g/mol. The lowest BCUT2D eigenvalue weighted by atomic mass is 9.98. The molecular formula is C43H83NO10. The third-order valence-corrected chi connectivity index (χ3v) is 10.8. The number of hydrogen-bond donors (Lipinski definition) is 8. The molecule has 0 aliphatic carbocycles. The van der Waals surface area contributed by atoms with E-state index < -0.39 is 74.2 Å². The number of hydrogen-bond acceptors (Lipinski definition) is 10. The van der Waals surface area contributed by atoms with Crippen LogP contribution >= 0.6 is 0 Å². The van der Waals surface area contributed by atoms with E-state index in [1.54, 1.807) is 0 Å². The number of aliphatic hydroxyl groups is 7. The summed E-state index contributed by atoms with van der Waals surface area (Å²) in [5.41, 5.74) is 0. The molecule has 1 saturated heterocycles. The van der Waals surface area contributed by atoms with Crippen LogP contribution in [0.4, 0.5) is 0 Å².